The summed E-state index contributed by atoms with van der Waals surface area (Å²) in [6.07, 6.45) is 0. The fraction of sp³-hybridized carbons (Fsp3) is 0.143. The second-order valence-electron chi connectivity index (χ2n) is 7.79. The van der Waals surface area contributed by atoms with E-state index in [2.05, 4.69) is 124 Å². The average molecular weight is 395 g/mol. The minimum absolute atomic E-state index is 0. The summed E-state index contributed by atoms with van der Waals surface area (Å²) in [6.45, 7) is 8.67. The molecule has 0 bridgehead atoms. The monoisotopic (exact) mass is 394 g/mol. The zero-order chi connectivity index (χ0) is 20.4. The Bertz CT molecular complexity index is 1080. The van der Waals surface area contributed by atoms with Crippen LogP contribution in [0.4, 0.5) is 17.1 Å². The Balaban J connectivity index is 0.00000256. The first-order valence-corrected chi connectivity index (χ1v) is 10.1. The highest BCUT2D eigenvalue weighted by Gasteiger charge is 2.14. The van der Waals surface area contributed by atoms with Crippen LogP contribution in [0.1, 0.15) is 22.3 Å². The number of aryl methyl sites for hydroxylation is 4. The van der Waals surface area contributed by atoms with Gasteiger partial charge in [0.2, 0.25) is 0 Å². The second-order valence-corrected chi connectivity index (χ2v) is 7.79. The molecule has 0 atom stereocenters. The normalized spacial score (nSPS) is 10.4. The summed E-state index contributed by atoms with van der Waals surface area (Å²) in [5, 5.41) is 0. The number of rotatable bonds is 4. The van der Waals surface area contributed by atoms with E-state index in [1.807, 2.05) is 0 Å². The Labute approximate surface area is 180 Å². The van der Waals surface area contributed by atoms with Gasteiger partial charge in [-0.15, -0.1) is 0 Å². The third kappa shape index (κ3) is 4.29. The lowest BCUT2D eigenvalue weighted by molar-refractivity contribution is 1.23. The maximum absolute atomic E-state index is 2.34. The van der Waals surface area contributed by atoms with Crippen molar-refractivity contribution in [3.8, 4) is 11.1 Å². The fourth-order valence-corrected chi connectivity index (χ4v) is 3.61. The molecule has 2 nitrogen and oxygen atoms in total. The Morgan fingerprint density at radius 3 is 1.33 bits per heavy atom. The summed E-state index contributed by atoms with van der Waals surface area (Å²) in [6, 6.07) is 32.8. The quantitative estimate of drug-likeness (QED) is 0.378. The molecule has 4 rings (SSSR count). The van der Waals surface area contributed by atoms with Gasteiger partial charge in [0.05, 0.1) is 0 Å². The molecule has 0 fully saturated rings. The molecule has 30 heavy (non-hydrogen) atoms. The Morgan fingerprint density at radius 2 is 0.867 bits per heavy atom. The van der Waals surface area contributed by atoms with Crippen molar-refractivity contribution >= 4 is 17.1 Å². The maximum Gasteiger partial charge on any atom is 0.0464 e. The predicted octanol–water partition coefficient (Wildman–Crippen LogP) is 8.22. The van der Waals surface area contributed by atoms with Crippen LogP contribution in [0.5, 0.6) is 0 Å². The van der Waals surface area contributed by atoms with Crippen LogP contribution >= 0.6 is 0 Å². The van der Waals surface area contributed by atoms with Gasteiger partial charge in [0.25, 0.3) is 0 Å². The summed E-state index contributed by atoms with van der Waals surface area (Å²) in [5.41, 5.74) is 11.2. The minimum Gasteiger partial charge on any atom is -0.344 e. The third-order valence-electron chi connectivity index (χ3n) is 5.73. The van der Waals surface area contributed by atoms with E-state index in [1.165, 1.54) is 44.8 Å². The van der Waals surface area contributed by atoms with E-state index in [9.17, 15) is 0 Å². The molecule has 0 saturated heterocycles. The zero-order valence-electron chi connectivity index (χ0n) is 18.3. The Kier molecular flexibility index (Phi) is 6.39. The molecule has 4 aromatic rings. The van der Waals surface area contributed by atoms with Crippen LogP contribution < -0.4 is 11.1 Å². The largest absolute Gasteiger partial charge is 0.344 e. The minimum atomic E-state index is 0. The molecular weight excluding hydrogens is 364 g/mol. The van der Waals surface area contributed by atoms with Crippen molar-refractivity contribution in [2.75, 3.05) is 4.90 Å². The van der Waals surface area contributed by atoms with Crippen molar-refractivity contribution in [3.05, 3.63) is 113 Å². The summed E-state index contributed by atoms with van der Waals surface area (Å²) in [5.74, 6) is 0. The smallest absolute Gasteiger partial charge is 0.0464 e. The molecule has 3 N–H and O–H groups in total. The van der Waals surface area contributed by atoms with Crippen molar-refractivity contribution in [2.24, 2.45) is 0 Å². The lowest BCUT2D eigenvalue weighted by Crippen LogP contribution is -2.10. The molecule has 152 valence electrons. The molecule has 0 aliphatic carbocycles. The molecule has 0 aromatic heterocycles. The summed E-state index contributed by atoms with van der Waals surface area (Å²) >= 11 is 0. The Morgan fingerprint density at radius 1 is 0.433 bits per heavy atom. The van der Waals surface area contributed by atoms with Crippen molar-refractivity contribution < 1.29 is 0 Å². The van der Waals surface area contributed by atoms with Crippen LogP contribution in [0.15, 0.2) is 91.0 Å². The fourth-order valence-electron chi connectivity index (χ4n) is 3.61. The highest BCUT2D eigenvalue weighted by Crippen LogP contribution is 2.37. The van der Waals surface area contributed by atoms with E-state index in [0.29, 0.717) is 0 Å². The van der Waals surface area contributed by atoms with Crippen LogP contribution in [-0.2, 0) is 0 Å². The molecule has 0 amide bonds. The van der Waals surface area contributed by atoms with Crippen molar-refractivity contribution in [2.45, 2.75) is 27.7 Å². The highest BCUT2D eigenvalue weighted by atomic mass is 15.1. The van der Waals surface area contributed by atoms with Crippen molar-refractivity contribution in [3.63, 3.8) is 0 Å². The van der Waals surface area contributed by atoms with Gasteiger partial charge in [0.15, 0.2) is 0 Å². The van der Waals surface area contributed by atoms with Crippen molar-refractivity contribution in [1.29, 1.82) is 0 Å². The van der Waals surface area contributed by atoms with E-state index in [0.717, 1.165) is 5.69 Å². The van der Waals surface area contributed by atoms with Crippen molar-refractivity contribution in [1.82, 2.24) is 6.15 Å². The van der Waals surface area contributed by atoms with Gasteiger partial charge in [-0.2, -0.15) is 0 Å². The van der Waals surface area contributed by atoms with Crippen LogP contribution in [-0.4, -0.2) is 0 Å². The summed E-state index contributed by atoms with van der Waals surface area (Å²) in [7, 11) is 0. The molecular formula is C28H30N2. The van der Waals surface area contributed by atoms with Gasteiger partial charge in [-0.25, -0.2) is 0 Å². The van der Waals surface area contributed by atoms with Gasteiger partial charge in [0.1, 0.15) is 0 Å². The Hall–Kier alpha value is -3.36. The summed E-state index contributed by atoms with van der Waals surface area (Å²) < 4.78 is 0. The first-order chi connectivity index (χ1) is 14.0. The molecule has 0 aliphatic rings. The molecule has 0 aliphatic heterocycles. The number of anilines is 3. The lowest BCUT2D eigenvalue weighted by Gasteiger charge is -2.27. The second kappa shape index (κ2) is 8.98. The third-order valence-corrected chi connectivity index (χ3v) is 5.73. The van der Waals surface area contributed by atoms with Crippen LogP contribution in [0, 0.1) is 27.7 Å². The topological polar surface area (TPSA) is 38.2 Å². The zero-order valence-corrected chi connectivity index (χ0v) is 18.3. The number of benzene rings is 4. The lowest BCUT2D eigenvalue weighted by atomic mass is 10.0. The molecule has 0 saturated carbocycles. The van der Waals surface area contributed by atoms with Crippen LogP contribution in [0.25, 0.3) is 11.1 Å². The van der Waals surface area contributed by atoms with Gasteiger partial charge in [0, 0.05) is 17.1 Å². The van der Waals surface area contributed by atoms with E-state index in [1.54, 1.807) is 0 Å². The van der Waals surface area contributed by atoms with E-state index in [-0.39, 0.29) is 6.15 Å². The van der Waals surface area contributed by atoms with E-state index >= 15 is 0 Å². The standard InChI is InChI=1S/C28H27N.H3N/c1-20-10-14-27(18-22(20)3)29(28-15-11-21(2)23(4)19-28)26-16-12-25(13-17-26)24-8-6-5-7-9-24;/h5-19H,1-4H3;1H3. The van der Waals surface area contributed by atoms with Crippen LogP contribution in [0.2, 0.25) is 0 Å². The molecule has 0 unspecified atom stereocenters. The first kappa shape index (κ1) is 21.4. The predicted molar refractivity (Wildman–Crippen MR) is 131 cm³/mol. The van der Waals surface area contributed by atoms with E-state index in [4.69, 9.17) is 0 Å². The number of hydrogen-bond donors (Lipinski definition) is 1. The van der Waals surface area contributed by atoms with E-state index < -0.39 is 0 Å². The number of nitrogens with zero attached hydrogens (tertiary/aromatic N) is 1. The molecule has 0 spiro atoms. The van der Waals surface area contributed by atoms with Gasteiger partial charge in [-0.3, -0.25) is 0 Å². The average Bonchev–Trinajstić information content (AvgIpc) is 2.74. The molecule has 2 heteroatoms. The molecule has 0 radical (unpaired) electrons. The number of hydrogen-bond acceptors (Lipinski definition) is 2. The molecule has 0 heterocycles. The molecule has 4 aromatic carbocycles. The first-order valence-electron chi connectivity index (χ1n) is 10.1. The van der Waals surface area contributed by atoms with Gasteiger partial charge in [-0.05, 0) is 97.5 Å². The highest BCUT2D eigenvalue weighted by molar-refractivity contribution is 5.79. The maximum atomic E-state index is 2.34. The van der Waals surface area contributed by atoms with Crippen LogP contribution in [0.3, 0.4) is 0 Å². The van der Waals surface area contributed by atoms with Gasteiger partial charge >= 0.3 is 0 Å². The van der Waals surface area contributed by atoms with Gasteiger partial charge < -0.3 is 11.1 Å². The summed E-state index contributed by atoms with van der Waals surface area (Å²) in [4.78, 5) is 2.34. The SMILES string of the molecule is Cc1ccc(N(c2ccc(-c3ccccc3)cc2)c2ccc(C)c(C)c2)cc1C.N. The van der Waals surface area contributed by atoms with Gasteiger partial charge in [-0.1, -0.05) is 54.6 Å².